The molecule has 0 atom stereocenters. The number of para-hydroxylation sites is 1. The van der Waals surface area contributed by atoms with E-state index in [1.54, 1.807) is 6.08 Å². The molecule has 0 radical (unpaired) electrons. The van der Waals surface area contributed by atoms with E-state index in [1.807, 2.05) is 24.3 Å². The van der Waals surface area contributed by atoms with Crippen LogP contribution in [0.1, 0.15) is 0 Å². The van der Waals surface area contributed by atoms with Crippen molar-refractivity contribution in [2.24, 2.45) is 4.99 Å². The van der Waals surface area contributed by atoms with Gasteiger partial charge in [0.05, 0.1) is 11.1 Å². The topological polar surface area (TPSA) is 12.4 Å². The molecule has 1 aliphatic heterocycles. The molecule has 0 bridgehead atoms. The SMILES string of the molecule is C=CC=C1C=c2ccccc2=N1. The van der Waals surface area contributed by atoms with Crippen LogP contribution in [0.3, 0.4) is 0 Å². The van der Waals surface area contributed by atoms with Crippen LogP contribution >= 0.6 is 0 Å². The molecule has 1 aliphatic rings. The molecule has 58 valence electrons. The van der Waals surface area contributed by atoms with Crippen LogP contribution in [-0.4, -0.2) is 0 Å². The molecule has 0 aliphatic carbocycles. The zero-order chi connectivity index (χ0) is 8.39. The van der Waals surface area contributed by atoms with Crippen LogP contribution in [0.5, 0.6) is 0 Å². The van der Waals surface area contributed by atoms with Gasteiger partial charge in [0.15, 0.2) is 0 Å². The third-order valence-electron chi connectivity index (χ3n) is 1.78. The number of nitrogens with zero attached hydrogens (tertiary/aromatic N) is 1. The minimum Gasteiger partial charge on any atom is -0.248 e. The maximum atomic E-state index is 4.38. The summed E-state index contributed by atoms with van der Waals surface area (Å²) in [6, 6.07) is 8.08. The Hall–Kier alpha value is -1.63. The van der Waals surface area contributed by atoms with Crippen molar-refractivity contribution in [2.75, 3.05) is 0 Å². The summed E-state index contributed by atoms with van der Waals surface area (Å²) in [4.78, 5) is 4.38. The van der Waals surface area contributed by atoms with Crippen LogP contribution in [0.2, 0.25) is 0 Å². The molecule has 0 saturated carbocycles. The molecular formula is C11H9N. The number of hydrogen-bond acceptors (Lipinski definition) is 1. The lowest BCUT2D eigenvalue weighted by Gasteiger charge is -1.81. The molecule has 0 N–H and O–H groups in total. The van der Waals surface area contributed by atoms with Crippen molar-refractivity contribution < 1.29 is 0 Å². The van der Waals surface area contributed by atoms with Crippen molar-refractivity contribution in [1.29, 1.82) is 0 Å². The van der Waals surface area contributed by atoms with E-state index in [0.29, 0.717) is 0 Å². The number of fused-ring (bicyclic) bond motifs is 1. The van der Waals surface area contributed by atoms with Crippen LogP contribution in [0.25, 0.3) is 6.08 Å². The summed E-state index contributed by atoms with van der Waals surface area (Å²) < 4.78 is 0. The summed E-state index contributed by atoms with van der Waals surface area (Å²) in [7, 11) is 0. The van der Waals surface area contributed by atoms with Gasteiger partial charge < -0.3 is 0 Å². The molecule has 0 amide bonds. The molecule has 1 aromatic carbocycles. The van der Waals surface area contributed by atoms with Crippen molar-refractivity contribution in [2.45, 2.75) is 0 Å². The summed E-state index contributed by atoms with van der Waals surface area (Å²) in [6.45, 7) is 3.63. The normalized spacial score (nSPS) is 16.5. The molecule has 0 saturated heterocycles. The molecule has 1 nitrogen and oxygen atoms in total. The van der Waals surface area contributed by atoms with Gasteiger partial charge in [0.25, 0.3) is 0 Å². The number of hydrogen-bond donors (Lipinski definition) is 0. The van der Waals surface area contributed by atoms with E-state index in [1.165, 1.54) is 5.22 Å². The van der Waals surface area contributed by atoms with Gasteiger partial charge in [-0.1, -0.05) is 30.9 Å². The van der Waals surface area contributed by atoms with E-state index in [-0.39, 0.29) is 0 Å². The third-order valence-corrected chi connectivity index (χ3v) is 1.78. The summed E-state index contributed by atoms with van der Waals surface area (Å²) in [5.74, 6) is 0. The molecule has 0 spiro atoms. The van der Waals surface area contributed by atoms with E-state index >= 15 is 0 Å². The van der Waals surface area contributed by atoms with Crippen LogP contribution in [0, 0.1) is 0 Å². The van der Waals surface area contributed by atoms with E-state index in [0.717, 1.165) is 11.1 Å². The number of benzene rings is 1. The van der Waals surface area contributed by atoms with E-state index in [4.69, 9.17) is 0 Å². The summed E-state index contributed by atoms with van der Waals surface area (Å²) in [6.07, 6.45) is 5.71. The fraction of sp³-hybridized carbons (Fsp3) is 0. The predicted molar refractivity (Wildman–Crippen MR) is 50.0 cm³/mol. The Morgan fingerprint density at radius 3 is 2.83 bits per heavy atom. The minimum absolute atomic E-state index is 0.978. The van der Waals surface area contributed by atoms with E-state index < -0.39 is 0 Å². The fourth-order valence-electron chi connectivity index (χ4n) is 1.25. The highest BCUT2D eigenvalue weighted by Crippen LogP contribution is 1.99. The summed E-state index contributed by atoms with van der Waals surface area (Å²) >= 11 is 0. The van der Waals surface area contributed by atoms with Crippen LogP contribution in [0.15, 0.2) is 53.7 Å². The molecule has 0 fully saturated rings. The molecule has 1 aromatic rings. The van der Waals surface area contributed by atoms with Gasteiger partial charge in [-0.05, 0) is 18.2 Å². The standard InChI is InChI=1S/C11H9N/c1-2-5-10-8-9-6-3-4-7-11(9)12-10/h2-8H,1H2. The zero-order valence-electron chi connectivity index (χ0n) is 6.70. The Morgan fingerprint density at radius 1 is 1.25 bits per heavy atom. The average molecular weight is 155 g/mol. The van der Waals surface area contributed by atoms with E-state index in [2.05, 4.69) is 23.7 Å². The van der Waals surface area contributed by atoms with Crippen molar-refractivity contribution in [3.63, 3.8) is 0 Å². The maximum absolute atomic E-state index is 4.38. The molecule has 0 unspecified atom stereocenters. The van der Waals surface area contributed by atoms with Gasteiger partial charge in [0, 0.05) is 5.22 Å². The lowest BCUT2D eigenvalue weighted by Crippen LogP contribution is -2.19. The van der Waals surface area contributed by atoms with Gasteiger partial charge in [-0.2, -0.15) is 0 Å². The Balaban J connectivity index is 2.68. The first-order valence-electron chi connectivity index (χ1n) is 3.88. The first-order valence-corrected chi connectivity index (χ1v) is 3.88. The lowest BCUT2D eigenvalue weighted by molar-refractivity contribution is 1.32. The largest absolute Gasteiger partial charge is 0.248 e. The van der Waals surface area contributed by atoms with Gasteiger partial charge in [-0.3, -0.25) is 0 Å². The first-order chi connectivity index (χ1) is 5.90. The van der Waals surface area contributed by atoms with Gasteiger partial charge in [-0.25, -0.2) is 4.99 Å². The Labute approximate surface area is 71.1 Å². The predicted octanol–water partition coefficient (Wildman–Crippen LogP) is 1.17. The van der Waals surface area contributed by atoms with Gasteiger partial charge in [-0.15, -0.1) is 0 Å². The second kappa shape index (κ2) is 2.78. The molecule has 1 heterocycles. The van der Waals surface area contributed by atoms with Crippen LogP contribution < -0.4 is 10.6 Å². The molecule has 12 heavy (non-hydrogen) atoms. The number of rotatable bonds is 1. The highest BCUT2D eigenvalue weighted by Gasteiger charge is 1.96. The Morgan fingerprint density at radius 2 is 2.08 bits per heavy atom. The quantitative estimate of drug-likeness (QED) is 0.577. The maximum Gasteiger partial charge on any atom is 0.0710 e. The van der Waals surface area contributed by atoms with Crippen molar-refractivity contribution in [1.82, 2.24) is 0 Å². The van der Waals surface area contributed by atoms with Crippen LogP contribution in [-0.2, 0) is 0 Å². The monoisotopic (exact) mass is 155 g/mol. The highest BCUT2D eigenvalue weighted by molar-refractivity contribution is 5.50. The summed E-state index contributed by atoms with van der Waals surface area (Å²) in [5, 5.41) is 2.23. The smallest absolute Gasteiger partial charge is 0.0710 e. The fourth-order valence-corrected chi connectivity index (χ4v) is 1.25. The average Bonchev–Trinajstić information content (AvgIpc) is 2.47. The third kappa shape index (κ3) is 1.10. The minimum atomic E-state index is 0.978. The molecule has 1 heteroatoms. The Kier molecular flexibility index (Phi) is 1.63. The van der Waals surface area contributed by atoms with Gasteiger partial charge in [0.2, 0.25) is 0 Å². The van der Waals surface area contributed by atoms with Crippen molar-refractivity contribution in [3.05, 3.63) is 59.3 Å². The summed E-state index contributed by atoms with van der Waals surface area (Å²) in [5.41, 5.74) is 0.978. The first kappa shape index (κ1) is 7.04. The highest BCUT2D eigenvalue weighted by atomic mass is 14.7. The van der Waals surface area contributed by atoms with Crippen LogP contribution in [0.4, 0.5) is 0 Å². The van der Waals surface area contributed by atoms with Crippen molar-refractivity contribution >= 4 is 6.08 Å². The second-order valence-corrected chi connectivity index (χ2v) is 2.64. The molecule has 2 rings (SSSR count). The van der Waals surface area contributed by atoms with E-state index in [9.17, 15) is 0 Å². The zero-order valence-corrected chi connectivity index (χ0v) is 6.70. The number of allylic oxidation sites excluding steroid dienone is 3. The van der Waals surface area contributed by atoms with Crippen molar-refractivity contribution in [3.8, 4) is 0 Å². The lowest BCUT2D eigenvalue weighted by atomic mass is 10.3. The molecule has 0 aromatic heterocycles. The Bertz CT molecular complexity index is 415. The van der Waals surface area contributed by atoms with Gasteiger partial charge >= 0.3 is 0 Å². The molecular weight excluding hydrogens is 146 g/mol. The van der Waals surface area contributed by atoms with Gasteiger partial charge in [0.1, 0.15) is 0 Å². The second-order valence-electron chi connectivity index (χ2n) is 2.64.